The van der Waals surface area contributed by atoms with Crippen molar-refractivity contribution in [2.75, 3.05) is 19.8 Å². The number of thiazole rings is 1. The first kappa shape index (κ1) is 26.8. The van der Waals surface area contributed by atoms with E-state index in [2.05, 4.69) is 28.6 Å². The van der Waals surface area contributed by atoms with Crippen molar-refractivity contribution in [3.05, 3.63) is 17.1 Å². The van der Waals surface area contributed by atoms with Gasteiger partial charge in [0.1, 0.15) is 6.54 Å². The highest BCUT2D eigenvalue weighted by molar-refractivity contribution is 7.07. The lowest BCUT2D eigenvalue weighted by Crippen LogP contribution is -2.29. The Bertz CT molecular complexity index is 493. The molecule has 2 unspecified atom stereocenters. The van der Waals surface area contributed by atoms with Crippen molar-refractivity contribution in [2.45, 2.75) is 129 Å². The Kier molecular flexibility index (Phi) is 16.5. The topological polar surface area (TPSA) is 22.3 Å². The fourth-order valence-electron chi connectivity index (χ4n) is 4.65. The van der Waals surface area contributed by atoms with E-state index < -0.39 is 0 Å². The second-order valence-electron chi connectivity index (χ2n) is 9.63. The van der Waals surface area contributed by atoms with E-state index in [0.29, 0.717) is 6.10 Å². The first-order valence-electron chi connectivity index (χ1n) is 13.5. The van der Waals surface area contributed by atoms with E-state index in [0.717, 1.165) is 32.3 Å². The van der Waals surface area contributed by atoms with Gasteiger partial charge in [0.15, 0.2) is 6.20 Å². The molecule has 2 rings (SSSR count). The highest BCUT2D eigenvalue weighted by atomic mass is 32.1. The van der Waals surface area contributed by atoms with Gasteiger partial charge in [-0.15, -0.1) is 0 Å². The van der Waals surface area contributed by atoms with Gasteiger partial charge in [-0.3, -0.25) is 0 Å². The number of rotatable bonds is 21. The van der Waals surface area contributed by atoms with Crippen LogP contribution >= 0.6 is 11.3 Å². The molecule has 1 aromatic rings. The van der Waals surface area contributed by atoms with Crippen LogP contribution in [0.2, 0.25) is 0 Å². The predicted molar refractivity (Wildman–Crippen MR) is 133 cm³/mol. The first-order chi connectivity index (χ1) is 15.4. The van der Waals surface area contributed by atoms with Gasteiger partial charge in [-0.2, -0.15) is 4.57 Å². The van der Waals surface area contributed by atoms with Crippen molar-refractivity contribution in [1.82, 2.24) is 0 Å². The Morgan fingerprint density at radius 2 is 1.55 bits per heavy atom. The van der Waals surface area contributed by atoms with Crippen LogP contribution in [0.15, 0.2) is 17.1 Å². The summed E-state index contributed by atoms with van der Waals surface area (Å²) in [6, 6.07) is 0. The summed E-state index contributed by atoms with van der Waals surface area (Å²) in [7, 11) is 0. The summed E-state index contributed by atoms with van der Waals surface area (Å²) in [4.78, 5) is 0. The molecule has 1 aliphatic heterocycles. The molecular formula is C27H50NO2S+. The summed E-state index contributed by atoms with van der Waals surface area (Å²) < 4.78 is 14.1. The molecule has 4 heteroatoms. The minimum atomic E-state index is 0.351. The van der Waals surface area contributed by atoms with Gasteiger partial charge < -0.3 is 9.47 Å². The predicted octanol–water partition coefficient (Wildman–Crippen LogP) is 7.72. The fraction of sp³-hybridized carbons (Fsp3) is 0.889. The smallest absolute Gasteiger partial charge is 0.224 e. The molecule has 2 atom stereocenters. The molecule has 180 valence electrons. The van der Waals surface area contributed by atoms with Crippen LogP contribution in [0, 0.1) is 5.92 Å². The van der Waals surface area contributed by atoms with Crippen LogP contribution in [0.1, 0.15) is 116 Å². The third-order valence-electron chi connectivity index (χ3n) is 6.67. The van der Waals surface area contributed by atoms with Gasteiger partial charge in [-0.25, -0.2) is 0 Å². The van der Waals surface area contributed by atoms with Gasteiger partial charge >= 0.3 is 0 Å². The number of aromatic nitrogens is 1. The summed E-state index contributed by atoms with van der Waals surface area (Å²) in [5.41, 5.74) is 2.18. The summed E-state index contributed by atoms with van der Waals surface area (Å²) in [5, 5.41) is 2.13. The molecule has 0 aliphatic carbocycles. The largest absolute Gasteiger partial charge is 0.379 e. The van der Waals surface area contributed by atoms with Crippen molar-refractivity contribution in [3.63, 3.8) is 0 Å². The SMILES string of the molecule is CCCCCCCCCCCCCCC1COC(COCCCCC[n+]2ccsc2)C1. The van der Waals surface area contributed by atoms with Crippen LogP contribution in [0.3, 0.4) is 0 Å². The summed E-state index contributed by atoms with van der Waals surface area (Å²) in [5.74, 6) is 0.777. The molecule has 0 N–H and O–H groups in total. The number of aryl methyl sites for hydroxylation is 1. The first-order valence-corrected chi connectivity index (χ1v) is 14.4. The molecule has 1 fully saturated rings. The van der Waals surface area contributed by atoms with E-state index in [-0.39, 0.29) is 0 Å². The summed E-state index contributed by atoms with van der Waals surface area (Å²) >= 11 is 1.76. The average molecular weight is 453 g/mol. The van der Waals surface area contributed by atoms with Gasteiger partial charge in [0, 0.05) is 19.6 Å². The second-order valence-corrected chi connectivity index (χ2v) is 10.4. The Hall–Kier alpha value is -0.450. The molecular weight excluding hydrogens is 402 g/mol. The van der Waals surface area contributed by atoms with Gasteiger partial charge in [0.2, 0.25) is 5.51 Å². The van der Waals surface area contributed by atoms with Crippen LogP contribution in [0.5, 0.6) is 0 Å². The Morgan fingerprint density at radius 3 is 2.23 bits per heavy atom. The monoisotopic (exact) mass is 452 g/mol. The van der Waals surface area contributed by atoms with E-state index in [1.807, 2.05) is 0 Å². The van der Waals surface area contributed by atoms with Crippen molar-refractivity contribution < 1.29 is 14.0 Å². The van der Waals surface area contributed by atoms with Crippen LogP contribution < -0.4 is 4.57 Å². The minimum absolute atomic E-state index is 0.351. The number of unbranched alkanes of at least 4 members (excludes halogenated alkanes) is 13. The molecule has 3 nitrogen and oxygen atoms in total. The maximum absolute atomic E-state index is 5.97. The molecule has 0 aromatic carbocycles. The maximum atomic E-state index is 5.97. The molecule has 1 aliphatic rings. The van der Waals surface area contributed by atoms with Gasteiger partial charge in [0.25, 0.3) is 0 Å². The molecule has 0 spiro atoms. The molecule has 0 amide bonds. The Balaban J connectivity index is 1.29. The third-order valence-corrected chi connectivity index (χ3v) is 7.34. The van der Waals surface area contributed by atoms with E-state index >= 15 is 0 Å². The number of ether oxygens (including phenoxy) is 2. The van der Waals surface area contributed by atoms with E-state index in [1.54, 1.807) is 11.3 Å². The van der Waals surface area contributed by atoms with Crippen LogP contribution in [0.4, 0.5) is 0 Å². The lowest BCUT2D eigenvalue weighted by atomic mass is 9.97. The van der Waals surface area contributed by atoms with E-state index in [1.165, 1.54) is 109 Å². The number of hydrogen-bond acceptors (Lipinski definition) is 3. The zero-order chi connectivity index (χ0) is 21.8. The van der Waals surface area contributed by atoms with Crippen molar-refractivity contribution in [3.8, 4) is 0 Å². The fourth-order valence-corrected chi connectivity index (χ4v) is 5.28. The van der Waals surface area contributed by atoms with Crippen LogP contribution in [-0.2, 0) is 16.0 Å². The van der Waals surface area contributed by atoms with Gasteiger partial charge in [-0.05, 0) is 31.6 Å². The lowest BCUT2D eigenvalue weighted by Gasteiger charge is -2.10. The minimum Gasteiger partial charge on any atom is -0.379 e. The molecule has 31 heavy (non-hydrogen) atoms. The van der Waals surface area contributed by atoms with E-state index in [4.69, 9.17) is 9.47 Å². The van der Waals surface area contributed by atoms with E-state index in [9.17, 15) is 0 Å². The van der Waals surface area contributed by atoms with Crippen molar-refractivity contribution in [2.24, 2.45) is 5.92 Å². The standard InChI is InChI=1S/C27H50NO2S/c1-2-3-4-5-6-7-8-9-10-11-12-14-17-26-22-27(30-23-26)24-29-20-16-13-15-18-28-19-21-31-25-28/h19,21,25-27H,2-18,20,22-24H2,1H3/q+1. The summed E-state index contributed by atoms with van der Waals surface area (Å²) in [6.45, 7) is 6.08. The molecule has 2 heterocycles. The van der Waals surface area contributed by atoms with Crippen LogP contribution in [0.25, 0.3) is 0 Å². The maximum Gasteiger partial charge on any atom is 0.224 e. The van der Waals surface area contributed by atoms with Crippen LogP contribution in [-0.4, -0.2) is 25.9 Å². The normalized spacial score (nSPS) is 18.7. The molecule has 0 saturated carbocycles. The van der Waals surface area contributed by atoms with Gasteiger partial charge in [-0.1, -0.05) is 95.3 Å². The molecule has 1 aromatic heterocycles. The Morgan fingerprint density at radius 1 is 0.871 bits per heavy atom. The highest BCUT2D eigenvalue weighted by Crippen LogP contribution is 2.25. The zero-order valence-electron chi connectivity index (χ0n) is 20.4. The average Bonchev–Trinajstić information content (AvgIpc) is 3.46. The lowest BCUT2D eigenvalue weighted by molar-refractivity contribution is -0.692. The molecule has 1 saturated heterocycles. The zero-order valence-corrected chi connectivity index (χ0v) is 21.2. The van der Waals surface area contributed by atoms with Crippen molar-refractivity contribution in [1.29, 1.82) is 0 Å². The third kappa shape index (κ3) is 14.3. The summed E-state index contributed by atoms with van der Waals surface area (Å²) in [6.07, 6.45) is 25.9. The molecule has 0 bridgehead atoms. The van der Waals surface area contributed by atoms with Gasteiger partial charge in [0.05, 0.1) is 18.1 Å². The highest BCUT2D eigenvalue weighted by Gasteiger charge is 2.24. The quantitative estimate of drug-likeness (QED) is 0.141. The Labute approximate surface area is 196 Å². The van der Waals surface area contributed by atoms with Crippen molar-refractivity contribution >= 4 is 11.3 Å². The molecule has 0 radical (unpaired) electrons. The second kappa shape index (κ2) is 19.1. The number of nitrogens with zero attached hydrogens (tertiary/aromatic N) is 1. The number of hydrogen-bond donors (Lipinski definition) is 0.